The molecule has 1 amide bonds. The lowest BCUT2D eigenvalue weighted by molar-refractivity contribution is -0.117. The summed E-state index contributed by atoms with van der Waals surface area (Å²) in [5.41, 5.74) is 0.361. The second kappa shape index (κ2) is 7.38. The van der Waals surface area contributed by atoms with Crippen molar-refractivity contribution in [2.24, 2.45) is 0 Å². The zero-order valence-corrected chi connectivity index (χ0v) is 14.4. The third-order valence-corrected chi connectivity index (χ3v) is 3.72. The number of rotatable bonds is 5. The van der Waals surface area contributed by atoms with Crippen molar-refractivity contribution >= 4 is 46.4 Å². The molecule has 22 heavy (non-hydrogen) atoms. The summed E-state index contributed by atoms with van der Waals surface area (Å²) in [6.45, 7) is 2.58. The molecular weight excluding hydrogens is 347 g/mol. The van der Waals surface area contributed by atoms with Crippen LogP contribution in [0.3, 0.4) is 0 Å². The quantitative estimate of drug-likeness (QED) is 0.845. The zero-order chi connectivity index (χ0) is 16.3. The van der Waals surface area contributed by atoms with E-state index < -0.39 is 0 Å². The highest BCUT2D eigenvalue weighted by Crippen LogP contribution is 2.33. The number of nitrogens with one attached hydrogen (secondary N) is 1. The van der Waals surface area contributed by atoms with Crippen LogP contribution < -0.4 is 5.32 Å². The van der Waals surface area contributed by atoms with E-state index in [0.29, 0.717) is 27.3 Å². The summed E-state index contributed by atoms with van der Waals surface area (Å²) in [4.78, 5) is 13.9. The van der Waals surface area contributed by atoms with Crippen LogP contribution in [0.1, 0.15) is 11.5 Å². The Bertz CT molecular complexity index is 662. The smallest absolute Gasteiger partial charge is 0.238 e. The van der Waals surface area contributed by atoms with E-state index in [1.165, 1.54) is 12.1 Å². The number of anilines is 1. The summed E-state index contributed by atoms with van der Waals surface area (Å²) >= 11 is 17.9. The third kappa shape index (κ3) is 4.65. The largest absolute Gasteiger partial charge is 0.465 e. The molecule has 118 valence electrons. The van der Waals surface area contributed by atoms with Crippen molar-refractivity contribution in [3.8, 4) is 0 Å². The summed E-state index contributed by atoms with van der Waals surface area (Å²) in [5, 5.41) is 3.71. The molecule has 0 unspecified atom stereocenters. The number of benzene rings is 1. The van der Waals surface area contributed by atoms with Crippen LogP contribution in [0.4, 0.5) is 5.69 Å². The molecule has 0 saturated carbocycles. The minimum Gasteiger partial charge on any atom is -0.465 e. The van der Waals surface area contributed by atoms with Gasteiger partial charge in [-0.25, -0.2) is 0 Å². The average Bonchev–Trinajstić information content (AvgIpc) is 2.79. The standard InChI is InChI=1S/C15H15Cl3N2O2/c1-9-3-4-11(22-9)7-20(2)8-14(21)19-15-12(17)5-10(16)6-13(15)18/h3-6H,7-8H2,1-2H3,(H,19,21). The maximum absolute atomic E-state index is 12.1. The lowest BCUT2D eigenvalue weighted by Crippen LogP contribution is -2.29. The first-order chi connectivity index (χ1) is 10.3. The molecule has 0 aliphatic rings. The van der Waals surface area contributed by atoms with Gasteiger partial charge in [-0.1, -0.05) is 34.8 Å². The van der Waals surface area contributed by atoms with Crippen LogP contribution in [-0.2, 0) is 11.3 Å². The number of carbonyl (C=O) groups excluding carboxylic acids is 1. The van der Waals surface area contributed by atoms with Crippen molar-refractivity contribution in [2.45, 2.75) is 13.5 Å². The fourth-order valence-corrected chi connectivity index (χ4v) is 2.89. The van der Waals surface area contributed by atoms with E-state index >= 15 is 0 Å². The van der Waals surface area contributed by atoms with Gasteiger partial charge in [0.25, 0.3) is 0 Å². The summed E-state index contributed by atoms with van der Waals surface area (Å²) in [6, 6.07) is 6.83. The molecule has 0 atom stereocenters. The number of carbonyl (C=O) groups is 1. The highest BCUT2D eigenvalue weighted by molar-refractivity contribution is 6.42. The fourth-order valence-electron chi connectivity index (χ4n) is 1.98. The van der Waals surface area contributed by atoms with Crippen LogP contribution in [-0.4, -0.2) is 24.4 Å². The van der Waals surface area contributed by atoms with Gasteiger partial charge in [-0.2, -0.15) is 0 Å². The summed E-state index contributed by atoms with van der Waals surface area (Å²) < 4.78 is 5.48. The van der Waals surface area contributed by atoms with Gasteiger partial charge in [-0.15, -0.1) is 0 Å². The second-order valence-electron chi connectivity index (χ2n) is 4.98. The van der Waals surface area contributed by atoms with Crippen LogP contribution in [0, 0.1) is 6.92 Å². The predicted octanol–water partition coefficient (Wildman–Crippen LogP) is 4.62. The Morgan fingerprint density at radius 1 is 1.23 bits per heavy atom. The Morgan fingerprint density at radius 2 is 1.86 bits per heavy atom. The van der Waals surface area contributed by atoms with Gasteiger partial charge in [0.15, 0.2) is 0 Å². The SMILES string of the molecule is Cc1ccc(CN(C)CC(=O)Nc2c(Cl)cc(Cl)cc2Cl)o1. The molecule has 2 aromatic rings. The number of amides is 1. The van der Waals surface area contributed by atoms with E-state index in [0.717, 1.165) is 11.5 Å². The molecule has 0 fully saturated rings. The molecule has 0 radical (unpaired) electrons. The molecule has 0 bridgehead atoms. The topological polar surface area (TPSA) is 45.5 Å². The van der Waals surface area contributed by atoms with E-state index in [1.54, 1.807) is 0 Å². The number of nitrogens with zero attached hydrogens (tertiary/aromatic N) is 1. The Kier molecular flexibility index (Phi) is 5.75. The summed E-state index contributed by atoms with van der Waals surface area (Å²) in [6.07, 6.45) is 0. The minimum atomic E-state index is -0.225. The van der Waals surface area contributed by atoms with Gasteiger partial charge >= 0.3 is 0 Å². The van der Waals surface area contributed by atoms with Crippen molar-refractivity contribution in [3.63, 3.8) is 0 Å². The highest BCUT2D eigenvalue weighted by atomic mass is 35.5. The molecule has 0 saturated heterocycles. The minimum absolute atomic E-state index is 0.176. The van der Waals surface area contributed by atoms with E-state index in [4.69, 9.17) is 39.2 Å². The fraction of sp³-hybridized carbons (Fsp3) is 0.267. The first-order valence-electron chi connectivity index (χ1n) is 6.53. The molecule has 1 aromatic heterocycles. The van der Waals surface area contributed by atoms with Gasteiger partial charge in [0.05, 0.1) is 28.8 Å². The molecule has 2 rings (SSSR count). The van der Waals surface area contributed by atoms with Gasteiger partial charge in [0, 0.05) is 5.02 Å². The summed E-state index contributed by atoms with van der Waals surface area (Å²) in [5.74, 6) is 1.42. The number of hydrogen-bond donors (Lipinski definition) is 1. The van der Waals surface area contributed by atoms with Crippen molar-refractivity contribution in [1.82, 2.24) is 4.90 Å². The molecule has 1 heterocycles. The van der Waals surface area contributed by atoms with Crippen LogP contribution in [0.15, 0.2) is 28.7 Å². The Balaban J connectivity index is 1.95. The van der Waals surface area contributed by atoms with Crippen molar-refractivity contribution in [1.29, 1.82) is 0 Å². The number of hydrogen-bond acceptors (Lipinski definition) is 3. The van der Waals surface area contributed by atoms with Gasteiger partial charge in [-0.05, 0) is 38.2 Å². The van der Waals surface area contributed by atoms with E-state index in [1.807, 2.05) is 31.0 Å². The van der Waals surface area contributed by atoms with Crippen LogP contribution in [0.25, 0.3) is 0 Å². The molecule has 4 nitrogen and oxygen atoms in total. The predicted molar refractivity (Wildman–Crippen MR) is 89.9 cm³/mol. The molecule has 7 heteroatoms. The monoisotopic (exact) mass is 360 g/mol. The Labute approximate surface area is 143 Å². The van der Waals surface area contributed by atoms with Gasteiger partial charge < -0.3 is 9.73 Å². The highest BCUT2D eigenvalue weighted by Gasteiger charge is 2.13. The molecule has 1 aromatic carbocycles. The van der Waals surface area contributed by atoms with Crippen LogP contribution in [0.5, 0.6) is 0 Å². The normalized spacial score (nSPS) is 11.0. The maximum atomic E-state index is 12.1. The molecular formula is C15H15Cl3N2O2. The van der Waals surface area contributed by atoms with Gasteiger partial charge in [-0.3, -0.25) is 9.69 Å². The van der Waals surface area contributed by atoms with E-state index in [-0.39, 0.29) is 12.5 Å². The molecule has 0 aliphatic heterocycles. The first kappa shape index (κ1) is 17.2. The third-order valence-electron chi connectivity index (χ3n) is 2.91. The van der Waals surface area contributed by atoms with Crippen LogP contribution >= 0.6 is 34.8 Å². The molecule has 1 N–H and O–H groups in total. The van der Waals surface area contributed by atoms with Gasteiger partial charge in [0.2, 0.25) is 5.91 Å². The number of likely N-dealkylation sites (N-methyl/N-ethyl adjacent to an activating group) is 1. The van der Waals surface area contributed by atoms with Crippen molar-refractivity contribution < 1.29 is 9.21 Å². The number of aryl methyl sites for hydroxylation is 1. The van der Waals surface area contributed by atoms with Gasteiger partial charge in [0.1, 0.15) is 11.5 Å². The van der Waals surface area contributed by atoms with E-state index in [2.05, 4.69) is 5.32 Å². The molecule has 0 spiro atoms. The van der Waals surface area contributed by atoms with E-state index in [9.17, 15) is 4.79 Å². The molecule has 0 aliphatic carbocycles. The average molecular weight is 362 g/mol. The Hall–Kier alpha value is -1.20. The lowest BCUT2D eigenvalue weighted by Gasteiger charge is -2.16. The first-order valence-corrected chi connectivity index (χ1v) is 7.67. The lowest BCUT2D eigenvalue weighted by atomic mass is 10.3. The van der Waals surface area contributed by atoms with Crippen LogP contribution in [0.2, 0.25) is 15.1 Å². The summed E-state index contributed by atoms with van der Waals surface area (Å²) in [7, 11) is 1.82. The van der Waals surface area contributed by atoms with Crippen molar-refractivity contribution in [2.75, 3.05) is 18.9 Å². The van der Waals surface area contributed by atoms with Crippen molar-refractivity contribution in [3.05, 3.63) is 50.9 Å². The zero-order valence-electron chi connectivity index (χ0n) is 12.1. The second-order valence-corrected chi connectivity index (χ2v) is 6.23. The Morgan fingerprint density at radius 3 is 2.41 bits per heavy atom. The maximum Gasteiger partial charge on any atom is 0.238 e. The number of furan rings is 1. The number of halogens is 3.